The number of aryl methyl sites for hydroxylation is 3. The quantitative estimate of drug-likeness (QED) is 0.230. The van der Waals surface area contributed by atoms with Crippen LogP contribution in [0.2, 0.25) is 0 Å². The van der Waals surface area contributed by atoms with Crippen molar-refractivity contribution in [1.82, 2.24) is 14.3 Å². The van der Waals surface area contributed by atoms with Gasteiger partial charge in [0.15, 0.2) is 5.78 Å². The van der Waals surface area contributed by atoms with Crippen LogP contribution in [0.3, 0.4) is 0 Å². The Morgan fingerprint density at radius 2 is 1.52 bits per heavy atom. The highest BCUT2D eigenvalue weighted by Gasteiger charge is 2.39. The zero-order chi connectivity index (χ0) is 32.4. The van der Waals surface area contributed by atoms with Gasteiger partial charge in [0, 0.05) is 50.4 Å². The molecule has 1 aromatic heterocycles. The number of ketones is 1. The molecule has 0 amide bonds. The van der Waals surface area contributed by atoms with Crippen LogP contribution in [0.15, 0.2) is 77.7 Å². The molecular weight excluding hydrogens is 608 g/mol. The third-order valence-corrected chi connectivity index (χ3v) is 10.8. The van der Waals surface area contributed by atoms with E-state index in [1.54, 1.807) is 12.1 Å². The molecule has 8 nitrogen and oxygen atoms in total. The molecular formula is C35H37F2N5O3S. The lowest BCUT2D eigenvalue weighted by Crippen LogP contribution is -2.47. The van der Waals surface area contributed by atoms with Crippen molar-refractivity contribution < 1.29 is 22.0 Å². The van der Waals surface area contributed by atoms with E-state index in [2.05, 4.69) is 4.90 Å². The molecule has 0 unspecified atom stereocenters. The van der Waals surface area contributed by atoms with Gasteiger partial charge in [0.25, 0.3) is 0 Å². The molecule has 0 spiro atoms. The Morgan fingerprint density at radius 3 is 2.22 bits per heavy atom. The first kappa shape index (κ1) is 31.7. The number of halogens is 2. The lowest BCUT2D eigenvalue weighted by Gasteiger charge is -2.36. The summed E-state index contributed by atoms with van der Waals surface area (Å²) in [5.41, 5.74) is 5.19. The maximum Gasteiger partial charge on any atom is 0.243 e. The number of Topliss-reactive ketones (excluding diaryl/α,β-unsaturated/α-hetero) is 1. The van der Waals surface area contributed by atoms with Crippen LogP contribution in [-0.2, 0) is 21.2 Å². The molecule has 0 bridgehead atoms. The number of aromatic nitrogens is 2. The Hall–Kier alpha value is -4.22. The predicted octanol–water partition coefficient (Wildman–Crippen LogP) is 5.72. The summed E-state index contributed by atoms with van der Waals surface area (Å²) in [4.78, 5) is 27.5. The number of piperazine rings is 1. The van der Waals surface area contributed by atoms with Gasteiger partial charge < -0.3 is 9.80 Å². The van der Waals surface area contributed by atoms with Crippen LogP contribution in [0.4, 0.5) is 20.4 Å². The molecule has 2 aliphatic rings. The predicted molar refractivity (Wildman–Crippen MR) is 174 cm³/mol. The third-order valence-electron chi connectivity index (χ3n) is 8.88. The number of sulfonamides is 1. The number of rotatable bonds is 9. The summed E-state index contributed by atoms with van der Waals surface area (Å²) in [5, 5.41) is 0. The van der Waals surface area contributed by atoms with E-state index >= 15 is 0 Å². The van der Waals surface area contributed by atoms with Crippen LogP contribution in [0.1, 0.15) is 36.1 Å². The Balaban J connectivity index is 1.23. The van der Waals surface area contributed by atoms with Gasteiger partial charge in [0.2, 0.25) is 16.0 Å². The number of benzene rings is 3. The van der Waals surface area contributed by atoms with Crippen molar-refractivity contribution >= 4 is 27.4 Å². The Bertz CT molecular complexity index is 1820. The van der Waals surface area contributed by atoms with E-state index in [1.165, 1.54) is 22.5 Å². The first-order valence-electron chi connectivity index (χ1n) is 15.6. The van der Waals surface area contributed by atoms with Crippen molar-refractivity contribution in [1.29, 1.82) is 0 Å². The van der Waals surface area contributed by atoms with E-state index in [1.807, 2.05) is 49.1 Å². The lowest BCUT2D eigenvalue weighted by molar-refractivity contribution is -0.122. The van der Waals surface area contributed by atoms with Crippen LogP contribution in [0, 0.1) is 25.5 Å². The Labute approximate surface area is 268 Å². The van der Waals surface area contributed by atoms with Gasteiger partial charge in [-0.3, -0.25) is 4.79 Å². The van der Waals surface area contributed by atoms with Gasteiger partial charge in [-0.25, -0.2) is 27.2 Å². The second-order valence-corrected chi connectivity index (χ2v) is 13.8. The van der Waals surface area contributed by atoms with E-state index in [4.69, 9.17) is 9.97 Å². The minimum Gasteiger partial charge on any atom is -0.366 e. The number of hydrogen-bond acceptors (Lipinski definition) is 7. The second-order valence-electron chi connectivity index (χ2n) is 11.9. The molecule has 2 aliphatic heterocycles. The largest absolute Gasteiger partial charge is 0.366 e. The SMILES string of the molecule is Cc1cccc(C)c1-c1cc(CCC(=O)[C@@H]2CCCN2S(=O)(=O)c2ccc(F)cc2)nc(N2CCN(c3ccccc3F)CC2)n1. The average molecular weight is 646 g/mol. The van der Waals surface area contributed by atoms with Crippen molar-refractivity contribution in [3.8, 4) is 11.3 Å². The van der Waals surface area contributed by atoms with Crippen LogP contribution >= 0.6 is 0 Å². The summed E-state index contributed by atoms with van der Waals surface area (Å²) in [5.74, 6) is -0.389. The number of carbonyl (C=O) groups is 1. The number of para-hydroxylation sites is 1. The molecule has 11 heteroatoms. The fourth-order valence-corrected chi connectivity index (χ4v) is 8.14. The van der Waals surface area contributed by atoms with Gasteiger partial charge in [-0.15, -0.1) is 0 Å². The van der Waals surface area contributed by atoms with Crippen LogP contribution in [-0.4, -0.2) is 67.2 Å². The summed E-state index contributed by atoms with van der Waals surface area (Å²) in [6, 6.07) is 18.7. The second kappa shape index (κ2) is 13.3. The molecule has 0 radical (unpaired) electrons. The maximum atomic E-state index is 14.5. The molecule has 2 fully saturated rings. The van der Waals surface area contributed by atoms with E-state index in [9.17, 15) is 22.0 Å². The highest BCUT2D eigenvalue weighted by atomic mass is 32.2. The van der Waals surface area contributed by atoms with Crippen LogP contribution in [0.5, 0.6) is 0 Å². The van der Waals surface area contributed by atoms with Crippen LogP contribution in [0.25, 0.3) is 11.3 Å². The highest BCUT2D eigenvalue weighted by molar-refractivity contribution is 7.89. The fourth-order valence-electron chi connectivity index (χ4n) is 6.46. The Morgan fingerprint density at radius 1 is 0.848 bits per heavy atom. The molecule has 1 atom stereocenters. The number of carbonyl (C=O) groups excluding carboxylic acids is 1. The third kappa shape index (κ3) is 6.52. The zero-order valence-corrected chi connectivity index (χ0v) is 26.8. The monoisotopic (exact) mass is 645 g/mol. The molecule has 4 aromatic rings. The summed E-state index contributed by atoms with van der Waals surface area (Å²) in [6.45, 7) is 6.72. The number of nitrogens with zero attached hydrogens (tertiary/aromatic N) is 5. The molecule has 46 heavy (non-hydrogen) atoms. The molecule has 3 aromatic carbocycles. The smallest absolute Gasteiger partial charge is 0.243 e. The number of anilines is 2. The van der Waals surface area contributed by atoms with Crippen molar-refractivity contribution in [3.63, 3.8) is 0 Å². The average Bonchev–Trinajstić information content (AvgIpc) is 3.56. The lowest BCUT2D eigenvalue weighted by atomic mass is 9.98. The van der Waals surface area contributed by atoms with E-state index in [0.717, 1.165) is 34.5 Å². The standard InChI is InChI=1S/C35H37F2N5O3S/c1-24-7-5-8-25(2)34(24)30-23-27(38-35(39-30)41-21-19-40(20-22-41)31-10-4-3-9-29(31)37)14-17-33(43)32-11-6-18-42(32)46(44,45)28-15-12-26(36)13-16-28/h3-5,7-10,12-13,15-16,23,32H,6,11,14,17-22H2,1-2H3/t32-/m0/s1. The van der Waals surface area contributed by atoms with Crippen molar-refractivity contribution in [2.24, 2.45) is 0 Å². The molecule has 0 aliphatic carbocycles. The van der Waals surface area contributed by atoms with Crippen molar-refractivity contribution in [3.05, 3.63) is 101 Å². The molecule has 0 saturated carbocycles. The molecule has 240 valence electrons. The van der Waals surface area contributed by atoms with E-state index in [-0.39, 0.29) is 29.5 Å². The summed E-state index contributed by atoms with van der Waals surface area (Å²) >= 11 is 0. The molecule has 6 rings (SSSR count). The summed E-state index contributed by atoms with van der Waals surface area (Å²) in [6.07, 6.45) is 1.45. The molecule has 0 N–H and O–H groups in total. The highest BCUT2D eigenvalue weighted by Crippen LogP contribution is 2.31. The Kier molecular flexibility index (Phi) is 9.15. The zero-order valence-electron chi connectivity index (χ0n) is 26.0. The van der Waals surface area contributed by atoms with Crippen molar-refractivity contribution in [2.75, 3.05) is 42.5 Å². The topological polar surface area (TPSA) is 86.7 Å². The minimum atomic E-state index is -3.95. The fraction of sp³-hybridized carbons (Fsp3) is 0.343. The van der Waals surface area contributed by atoms with E-state index in [0.29, 0.717) is 62.8 Å². The molecule has 3 heterocycles. The van der Waals surface area contributed by atoms with Gasteiger partial charge in [-0.05, 0) is 86.7 Å². The minimum absolute atomic E-state index is 0.0256. The van der Waals surface area contributed by atoms with E-state index < -0.39 is 21.9 Å². The molecule has 2 saturated heterocycles. The first-order valence-corrected chi connectivity index (χ1v) is 17.0. The number of hydrogen-bond donors (Lipinski definition) is 0. The van der Waals surface area contributed by atoms with Gasteiger partial charge in [0.05, 0.1) is 22.3 Å². The normalized spacial score (nSPS) is 17.4. The van der Waals surface area contributed by atoms with Gasteiger partial charge >= 0.3 is 0 Å². The van der Waals surface area contributed by atoms with Gasteiger partial charge in [-0.2, -0.15) is 4.31 Å². The van der Waals surface area contributed by atoms with Crippen LogP contribution < -0.4 is 9.80 Å². The summed E-state index contributed by atoms with van der Waals surface area (Å²) < 4.78 is 55.9. The first-order chi connectivity index (χ1) is 22.1. The van der Waals surface area contributed by atoms with Gasteiger partial charge in [0.1, 0.15) is 11.6 Å². The maximum absolute atomic E-state index is 14.5. The van der Waals surface area contributed by atoms with Gasteiger partial charge in [-0.1, -0.05) is 30.3 Å². The van der Waals surface area contributed by atoms with Crippen molar-refractivity contribution in [2.45, 2.75) is 50.5 Å². The summed E-state index contributed by atoms with van der Waals surface area (Å²) in [7, 11) is -3.95.